The number of halogens is 1. The topological polar surface area (TPSA) is 63.7 Å². The molecule has 0 amide bonds. The minimum atomic E-state index is -0.561. The van der Waals surface area contributed by atoms with Crippen LogP contribution < -0.4 is 4.90 Å². The molecule has 0 unspecified atom stereocenters. The first-order valence-electron chi connectivity index (χ1n) is 8.67. The monoisotopic (exact) mass is 419 g/mol. The van der Waals surface area contributed by atoms with Crippen LogP contribution in [0.15, 0.2) is 33.9 Å². The van der Waals surface area contributed by atoms with Crippen molar-refractivity contribution in [3.8, 4) is 0 Å². The van der Waals surface area contributed by atoms with Gasteiger partial charge in [0.15, 0.2) is 11.6 Å². The largest absolute Gasteiger partial charge is 0.461 e. The molecule has 5 nitrogen and oxygen atoms in total. The maximum absolute atomic E-state index is 12.8. The highest BCUT2D eigenvalue weighted by atomic mass is 79.9. The summed E-state index contributed by atoms with van der Waals surface area (Å²) in [6, 6.07) is 5.60. The number of hydrogen-bond acceptors (Lipinski definition) is 5. The van der Waals surface area contributed by atoms with Gasteiger partial charge in [0.25, 0.3) is 0 Å². The molecule has 1 saturated carbocycles. The summed E-state index contributed by atoms with van der Waals surface area (Å²) < 4.78 is 6.27. The molecule has 138 valence electrons. The normalized spacial score (nSPS) is 25.3. The number of Topliss-reactive ketones (excluding diaryl/α,β-unsaturated/α-hetero) is 2. The summed E-state index contributed by atoms with van der Waals surface area (Å²) in [5, 5.41) is 0. The number of benzene rings is 1. The fourth-order valence-corrected chi connectivity index (χ4v) is 4.88. The van der Waals surface area contributed by atoms with E-state index >= 15 is 0 Å². The van der Waals surface area contributed by atoms with Crippen LogP contribution >= 0.6 is 15.9 Å². The lowest BCUT2D eigenvalue weighted by Gasteiger charge is -2.47. The average molecular weight is 420 g/mol. The summed E-state index contributed by atoms with van der Waals surface area (Å²) in [6.07, 6.45) is 0.0520. The number of fused-ring (bicyclic) bond motifs is 2. The van der Waals surface area contributed by atoms with Crippen molar-refractivity contribution in [1.82, 2.24) is 0 Å². The van der Waals surface area contributed by atoms with Crippen molar-refractivity contribution in [2.45, 2.75) is 52.7 Å². The summed E-state index contributed by atoms with van der Waals surface area (Å²) in [6.45, 7) is 6.73. The third-order valence-corrected chi connectivity index (χ3v) is 5.83. The van der Waals surface area contributed by atoms with Crippen LogP contribution in [0.2, 0.25) is 0 Å². The minimum Gasteiger partial charge on any atom is -0.461 e. The molecule has 6 heteroatoms. The number of anilines is 1. The lowest BCUT2D eigenvalue weighted by atomic mass is 9.72. The summed E-state index contributed by atoms with van der Waals surface area (Å²) in [5.41, 5.74) is 3.38. The van der Waals surface area contributed by atoms with Crippen LogP contribution in [0.3, 0.4) is 0 Å². The minimum absolute atomic E-state index is 0.0296. The van der Waals surface area contributed by atoms with Gasteiger partial charge >= 0.3 is 5.97 Å². The fourth-order valence-electron chi connectivity index (χ4n) is 4.19. The second kappa shape index (κ2) is 6.99. The SMILES string of the molecule is CC(=O)O[C@@H]1CC(=O)[C@H]2C[C@@H]1C(C(C)=O)=C(C)N2c1ccc(C)cc1Br. The van der Waals surface area contributed by atoms with Crippen LogP contribution in [0.4, 0.5) is 5.69 Å². The molecule has 1 fully saturated rings. The van der Waals surface area contributed by atoms with E-state index in [1.807, 2.05) is 36.9 Å². The van der Waals surface area contributed by atoms with E-state index in [1.165, 1.54) is 13.8 Å². The Hall–Kier alpha value is -1.95. The van der Waals surface area contributed by atoms with Crippen LogP contribution in [-0.2, 0) is 19.1 Å². The highest BCUT2D eigenvalue weighted by Crippen LogP contribution is 2.44. The van der Waals surface area contributed by atoms with E-state index in [0.717, 1.165) is 21.4 Å². The van der Waals surface area contributed by atoms with Crippen LogP contribution in [0, 0.1) is 12.8 Å². The van der Waals surface area contributed by atoms with E-state index in [0.29, 0.717) is 12.0 Å². The molecule has 0 radical (unpaired) electrons. The number of ether oxygens (including phenoxy) is 1. The van der Waals surface area contributed by atoms with E-state index in [9.17, 15) is 14.4 Å². The smallest absolute Gasteiger partial charge is 0.302 e. The van der Waals surface area contributed by atoms with Gasteiger partial charge in [-0.2, -0.15) is 0 Å². The van der Waals surface area contributed by atoms with Gasteiger partial charge in [-0.1, -0.05) is 6.07 Å². The van der Waals surface area contributed by atoms with Gasteiger partial charge in [0.05, 0.1) is 11.7 Å². The zero-order chi connectivity index (χ0) is 19.2. The molecule has 2 aliphatic rings. The van der Waals surface area contributed by atoms with Gasteiger partial charge in [0.1, 0.15) is 6.10 Å². The molecule has 1 aromatic rings. The van der Waals surface area contributed by atoms with Gasteiger partial charge in [0, 0.05) is 35.0 Å². The Kier molecular flexibility index (Phi) is 5.06. The molecule has 3 atom stereocenters. The molecule has 0 saturated heterocycles. The summed E-state index contributed by atoms with van der Waals surface area (Å²) >= 11 is 3.59. The fraction of sp³-hybridized carbons (Fsp3) is 0.450. The molecule has 1 aromatic carbocycles. The molecule has 0 spiro atoms. The molecular weight excluding hydrogens is 398 g/mol. The zero-order valence-electron chi connectivity index (χ0n) is 15.3. The summed E-state index contributed by atoms with van der Waals surface area (Å²) in [4.78, 5) is 38.7. The predicted molar refractivity (Wildman–Crippen MR) is 102 cm³/mol. The number of rotatable bonds is 3. The number of carbonyl (C=O) groups is 3. The maximum atomic E-state index is 12.8. The van der Waals surface area contributed by atoms with E-state index in [4.69, 9.17) is 4.74 Å². The molecule has 26 heavy (non-hydrogen) atoms. The number of esters is 1. The summed E-state index contributed by atoms with van der Waals surface area (Å²) in [7, 11) is 0. The first-order valence-corrected chi connectivity index (χ1v) is 9.47. The van der Waals surface area contributed by atoms with Crippen LogP contribution in [0.25, 0.3) is 0 Å². The van der Waals surface area contributed by atoms with Crippen LogP contribution in [0.1, 0.15) is 39.2 Å². The Morgan fingerprint density at radius 3 is 2.50 bits per heavy atom. The highest BCUT2D eigenvalue weighted by molar-refractivity contribution is 9.10. The van der Waals surface area contributed by atoms with E-state index in [2.05, 4.69) is 15.9 Å². The zero-order valence-corrected chi connectivity index (χ0v) is 16.9. The second-order valence-corrected chi connectivity index (χ2v) is 7.91. The summed E-state index contributed by atoms with van der Waals surface area (Å²) in [5.74, 6) is -0.683. The average Bonchev–Trinajstić information content (AvgIpc) is 2.52. The Bertz CT molecular complexity index is 829. The Morgan fingerprint density at radius 1 is 1.23 bits per heavy atom. The Morgan fingerprint density at radius 2 is 1.92 bits per heavy atom. The quantitative estimate of drug-likeness (QED) is 0.698. The Balaban J connectivity index is 2.14. The maximum Gasteiger partial charge on any atom is 0.302 e. The number of aryl methyl sites for hydroxylation is 1. The standard InChI is InChI=1S/C20H22BrNO4/c1-10-5-6-16(15(21)7-10)22-11(2)20(12(3)23)14-8-17(22)18(25)9-19(14)26-13(4)24/h5-7,14,17,19H,8-9H2,1-4H3/t14-,17+,19+/m0/s1. The third-order valence-electron chi connectivity index (χ3n) is 5.19. The number of carbonyl (C=O) groups excluding carboxylic acids is 3. The van der Waals surface area contributed by atoms with E-state index in [-0.39, 0.29) is 29.9 Å². The van der Waals surface area contributed by atoms with E-state index < -0.39 is 12.1 Å². The van der Waals surface area contributed by atoms with Crippen molar-refractivity contribution in [2.75, 3.05) is 4.90 Å². The highest BCUT2D eigenvalue weighted by Gasteiger charge is 2.48. The number of hydrogen-bond donors (Lipinski definition) is 0. The van der Waals surface area contributed by atoms with Crippen molar-refractivity contribution in [1.29, 1.82) is 0 Å². The van der Waals surface area contributed by atoms with Gasteiger partial charge in [-0.25, -0.2) is 0 Å². The lowest BCUT2D eigenvalue weighted by Crippen LogP contribution is -2.54. The number of allylic oxidation sites excluding steroid dienone is 1. The van der Waals surface area contributed by atoms with Gasteiger partial charge < -0.3 is 9.64 Å². The molecule has 0 N–H and O–H groups in total. The molecule has 1 heterocycles. The van der Waals surface area contributed by atoms with Crippen molar-refractivity contribution in [3.05, 3.63) is 39.5 Å². The molecule has 2 bridgehead atoms. The van der Waals surface area contributed by atoms with Gasteiger partial charge in [-0.3, -0.25) is 14.4 Å². The third kappa shape index (κ3) is 3.22. The van der Waals surface area contributed by atoms with Gasteiger partial charge in [-0.05, 0) is 60.8 Å². The van der Waals surface area contributed by atoms with Crippen molar-refractivity contribution >= 4 is 39.2 Å². The molecular formula is C20H22BrNO4. The van der Waals surface area contributed by atoms with Gasteiger partial charge in [0.2, 0.25) is 0 Å². The second-order valence-electron chi connectivity index (χ2n) is 7.06. The van der Waals surface area contributed by atoms with Crippen LogP contribution in [-0.4, -0.2) is 29.7 Å². The van der Waals surface area contributed by atoms with Crippen molar-refractivity contribution in [2.24, 2.45) is 5.92 Å². The first kappa shape index (κ1) is 18.8. The van der Waals surface area contributed by atoms with Gasteiger partial charge in [-0.15, -0.1) is 0 Å². The number of ketones is 2. The van der Waals surface area contributed by atoms with E-state index in [1.54, 1.807) is 0 Å². The predicted octanol–water partition coefficient (Wildman–Crippen LogP) is 3.72. The van der Waals surface area contributed by atoms with Crippen LogP contribution in [0.5, 0.6) is 0 Å². The molecule has 1 aliphatic heterocycles. The van der Waals surface area contributed by atoms with Crippen molar-refractivity contribution in [3.63, 3.8) is 0 Å². The molecule has 3 rings (SSSR count). The first-order chi connectivity index (χ1) is 12.2. The lowest BCUT2D eigenvalue weighted by molar-refractivity contribution is -0.152. The Labute approximate surface area is 161 Å². The molecule has 0 aromatic heterocycles. The molecule has 1 aliphatic carbocycles. The number of nitrogens with zero attached hydrogens (tertiary/aromatic N) is 1. The van der Waals surface area contributed by atoms with Crippen molar-refractivity contribution < 1.29 is 19.1 Å².